The summed E-state index contributed by atoms with van der Waals surface area (Å²) in [7, 11) is 0. The normalized spacial score (nSPS) is 30.5. The first-order valence-electron chi connectivity index (χ1n) is 6.40. The van der Waals surface area contributed by atoms with Crippen LogP contribution in [0.4, 0.5) is 4.79 Å². The monoisotopic (exact) mass is 272 g/mol. The molecule has 2 rings (SSSR count). The van der Waals surface area contributed by atoms with E-state index in [0.717, 1.165) is 0 Å². The second kappa shape index (κ2) is 4.97. The molecular formula is C12H20N2O5. The number of carbonyl (C=O) groups is 2. The molecule has 19 heavy (non-hydrogen) atoms. The number of aliphatic carboxylic acids is 1. The molecule has 0 aliphatic carbocycles. The lowest BCUT2D eigenvalue weighted by Crippen LogP contribution is -2.60. The summed E-state index contributed by atoms with van der Waals surface area (Å²) in [5, 5.41) is 18.7. The van der Waals surface area contributed by atoms with Crippen LogP contribution >= 0.6 is 0 Å². The maximum absolute atomic E-state index is 12.5. The molecular weight excluding hydrogens is 252 g/mol. The van der Waals surface area contributed by atoms with Gasteiger partial charge < -0.3 is 24.7 Å². The first-order chi connectivity index (χ1) is 8.83. The molecule has 0 aromatic carbocycles. The number of morpholine rings is 1. The molecule has 108 valence electrons. The zero-order chi connectivity index (χ0) is 14.2. The Morgan fingerprint density at radius 2 is 2.05 bits per heavy atom. The number of urea groups is 1. The van der Waals surface area contributed by atoms with Crippen LogP contribution in [0.1, 0.15) is 20.3 Å². The van der Waals surface area contributed by atoms with Gasteiger partial charge in [0.15, 0.2) is 0 Å². The molecule has 2 heterocycles. The van der Waals surface area contributed by atoms with Crippen LogP contribution in [0.25, 0.3) is 0 Å². The number of nitrogens with zero attached hydrogens (tertiary/aromatic N) is 2. The lowest BCUT2D eigenvalue weighted by molar-refractivity contribution is -0.141. The minimum Gasteiger partial charge on any atom is -0.480 e. The number of likely N-dealkylation sites (tertiary alicyclic amines) is 1. The highest BCUT2D eigenvalue weighted by Crippen LogP contribution is 2.25. The van der Waals surface area contributed by atoms with Crippen LogP contribution in [0.3, 0.4) is 0 Å². The van der Waals surface area contributed by atoms with E-state index >= 15 is 0 Å². The van der Waals surface area contributed by atoms with E-state index in [0.29, 0.717) is 19.8 Å². The van der Waals surface area contributed by atoms with E-state index in [1.807, 2.05) is 13.8 Å². The highest BCUT2D eigenvalue weighted by atomic mass is 16.5. The summed E-state index contributed by atoms with van der Waals surface area (Å²) in [6.45, 7) is 5.14. The predicted octanol–water partition coefficient (Wildman–Crippen LogP) is -0.263. The highest BCUT2D eigenvalue weighted by molar-refractivity contribution is 5.84. The molecule has 0 spiro atoms. The van der Waals surface area contributed by atoms with Crippen molar-refractivity contribution in [3.63, 3.8) is 0 Å². The van der Waals surface area contributed by atoms with Crippen molar-refractivity contribution in [3.8, 4) is 0 Å². The molecule has 0 aromatic heterocycles. The number of β-amino-alcohol motifs (C(OH)–C–C–N with tert-alkyl or cyclic N) is 1. The maximum Gasteiger partial charge on any atom is 0.326 e. The van der Waals surface area contributed by atoms with E-state index in [1.165, 1.54) is 4.90 Å². The van der Waals surface area contributed by atoms with Crippen molar-refractivity contribution < 1.29 is 24.5 Å². The van der Waals surface area contributed by atoms with Gasteiger partial charge in [0.05, 0.1) is 24.9 Å². The van der Waals surface area contributed by atoms with E-state index in [-0.39, 0.29) is 19.0 Å². The van der Waals surface area contributed by atoms with Gasteiger partial charge in [-0.3, -0.25) is 0 Å². The molecule has 2 saturated heterocycles. The van der Waals surface area contributed by atoms with Gasteiger partial charge >= 0.3 is 12.0 Å². The first kappa shape index (κ1) is 14.1. The summed E-state index contributed by atoms with van der Waals surface area (Å²) < 4.78 is 5.35. The smallest absolute Gasteiger partial charge is 0.326 e. The molecule has 1 unspecified atom stereocenters. The average Bonchev–Trinajstić information content (AvgIpc) is 2.70. The Morgan fingerprint density at radius 3 is 2.63 bits per heavy atom. The summed E-state index contributed by atoms with van der Waals surface area (Å²) in [6, 6.07) is -1.28. The Hall–Kier alpha value is -1.34. The van der Waals surface area contributed by atoms with Gasteiger partial charge in [-0.2, -0.15) is 0 Å². The Labute approximate surface area is 111 Å². The van der Waals surface area contributed by atoms with Crippen LogP contribution in [-0.2, 0) is 9.53 Å². The minimum atomic E-state index is -1.07. The molecule has 0 bridgehead atoms. The number of amides is 2. The van der Waals surface area contributed by atoms with Crippen LogP contribution in [0.5, 0.6) is 0 Å². The number of carboxylic acid groups (broad SMARTS) is 1. The Morgan fingerprint density at radius 1 is 1.37 bits per heavy atom. The molecule has 0 saturated carbocycles. The van der Waals surface area contributed by atoms with Gasteiger partial charge in [0.1, 0.15) is 6.04 Å². The Kier molecular flexibility index (Phi) is 3.69. The number of ether oxygens (including phenoxy) is 1. The van der Waals surface area contributed by atoms with Crippen molar-refractivity contribution in [3.05, 3.63) is 0 Å². The highest BCUT2D eigenvalue weighted by Gasteiger charge is 2.44. The van der Waals surface area contributed by atoms with E-state index in [9.17, 15) is 14.7 Å². The standard InChI is InChI=1S/C12H20N2O5/c1-12(2)7-19-4-3-14(12)11(18)13-6-8(15)5-9(13)10(16)17/h8-9,15H,3-7H2,1-2H3,(H,16,17)/t8?,9-/m0/s1. The molecule has 2 fully saturated rings. The van der Waals surface area contributed by atoms with E-state index < -0.39 is 23.7 Å². The van der Waals surface area contributed by atoms with Crippen molar-refractivity contribution in [1.29, 1.82) is 0 Å². The number of aliphatic hydroxyl groups excluding tert-OH is 1. The third-order valence-electron chi connectivity index (χ3n) is 3.69. The van der Waals surface area contributed by atoms with Gasteiger partial charge in [0, 0.05) is 19.5 Å². The van der Waals surface area contributed by atoms with Crippen molar-refractivity contribution in [2.75, 3.05) is 26.3 Å². The molecule has 7 nitrogen and oxygen atoms in total. The summed E-state index contributed by atoms with van der Waals surface area (Å²) in [5.41, 5.74) is -0.466. The molecule has 2 aliphatic heterocycles. The molecule has 2 N–H and O–H groups in total. The summed E-state index contributed by atoms with van der Waals surface area (Å²) in [4.78, 5) is 26.5. The molecule has 7 heteroatoms. The van der Waals surface area contributed by atoms with Crippen molar-refractivity contribution in [1.82, 2.24) is 9.80 Å². The van der Waals surface area contributed by atoms with Crippen LogP contribution in [0.2, 0.25) is 0 Å². The third kappa shape index (κ3) is 2.66. The fourth-order valence-corrected chi connectivity index (χ4v) is 2.63. The summed E-state index contributed by atoms with van der Waals surface area (Å²) in [5.74, 6) is -1.07. The van der Waals surface area contributed by atoms with E-state index in [1.54, 1.807) is 4.90 Å². The van der Waals surface area contributed by atoms with Gasteiger partial charge in [-0.25, -0.2) is 9.59 Å². The fourth-order valence-electron chi connectivity index (χ4n) is 2.63. The number of carboxylic acids is 1. The first-order valence-corrected chi connectivity index (χ1v) is 6.40. The fraction of sp³-hybridized carbons (Fsp3) is 0.833. The zero-order valence-corrected chi connectivity index (χ0v) is 11.2. The molecule has 0 radical (unpaired) electrons. The number of rotatable bonds is 1. The minimum absolute atomic E-state index is 0.0727. The third-order valence-corrected chi connectivity index (χ3v) is 3.69. The lowest BCUT2D eigenvalue weighted by atomic mass is 10.0. The Bertz CT molecular complexity index is 384. The van der Waals surface area contributed by atoms with Gasteiger partial charge in [0.2, 0.25) is 0 Å². The zero-order valence-electron chi connectivity index (χ0n) is 11.2. The topological polar surface area (TPSA) is 90.3 Å². The SMILES string of the molecule is CC1(C)COCCN1C(=O)N1CC(O)C[C@H]1C(=O)O. The second-order valence-electron chi connectivity index (χ2n) is 5.70. The van der Waals surface area contributed by atoms with Crippen LogP contribution in [0, 0.1) is 0 Å². The van der Waals surface area contributed by atoms with Crippen molar-refractivity contribution in [2.24, 2.45) is 0 Å². The van der Waals surface area contributed by atoms with Crippen LogP contribution in [-0.4, -0.2) is 76.0 Å². The molecule has 0 aromatic rings. The Balaban J connectivity index is 2.16. The maximum atomic E-state index is 12.5. The lowest BCUT2D eigenvalue weighted by Gasteiger charge is -2.44. The van der Waals surface area contributed by atoms with Gasteiger partial charge in [-0.15, -0.1) is 0 Å². The second-order valence-corrected chi connectivity index (χ2v) is 5.70. The van der Waals surface area contributed by atoms with Gasteiger partial charge in [0.25, 0.3) is 0 Å². The molecule has 2 amide bonds. The molecule has 2 aliphatic rings. The van der Waals surface area contributed by atoms with Crippen LogP contribution in [0.15, 0.2) is 0 Å². The number of carbonyl (C=O) groups excluding carboxylic acids is 1. The molecule has 2 atom stereocenters. The van der Waals surface area contributed by atoms with Crippen molar-refractivity contribution >= 4 is 12.0 Å². The van der Waals surface area contributed by atoms with Gasteiger partial charge in [-0.05, 0) is 13.8 Å². The summed E-state index contributed by atoms with van der Waals surface area (Å²) >= 11 is 0. The summed E-state index contributed by atoms with van der Waals surface area (Å²) in [6.07, 6.45) is -0.680. The van der Waals surface area contributed by atoms with Crippen molar-refractivity contribution in [2.45, 2.75) is 38.0 Å². The number of hydrogen-bond donors (Lipinski definition) is 2. The van der Waals surface area contributed by atoms with Gasteiger partial charge in [-0.1, -0.05) is 0 Å². The number of aliphatic hydroxyl groups is 1. The van der Waals surface area contributed by atoms with E-state index in [4.69, 9.17) is 9.84 Å². The predicted molar refractivity (Wildman–Crippen MR) is 65.8 cm³/mol. The van der Waals surface area contributed by atoms with Crippen LogP contribution < -0.4 is 0 Å². The average molecular weight is 272 g/mol. The van der Waals surface area contributed by atoms with E-state index in [2.05, 4.69) is 0 Å². The quantitative estimate of drug-likeness (QED) is 0.686. The number of hydrogen-bond acceptors (Lipinski definition) is 4. The largest absolute Gasteiger partial charge is 0.480 e.